The number of anilines is 2. The molecule has 0 bridgehead atoms. The Labute approximate surface area is 245 Å². The maximum absolute atomic E-state index is 16.1. The summed E-state index contributed by atoms with van der Waals surface area (Å²) in [4.78, 5) is 25.0. The highest BCUT2D eigenvalue weighted by Crippen LogP contribution is 2.48. The number of nitrogens with two attached hydrogens (primary N) is 1. The van der Waals surface area contributed by atoms with Crippen LogP contribution in [0.3, 0.4) is 0 Å². The van der Waals surface area contributed by atoms with Crippen LogP contribution in [0, 0.1) is 0 Å². The molecule has 234 valence electrons. The number of benzene rings is 1. The van der Waals surface area contributed by atoms with E-state index in [1.165, 1.54) is 25.4 Å². The van der Waals surface area contributed by atoms with Gasteiger partial charge in [0, 0.05) is 6.04 Å². The van der Waals surface area contributed by atoms with Crippen molar-refractivity contribution in [3.8, 4) is 5.75 Å². The first-order valence-corrected chi connectivity index (χ1v) is 15.3. The number of nitrogens with one attached hydrogen (secondary N) is 2. The lowest BCUT2D eigenvalue weighted by molar-refractivity contribution is -0.149. The monoisotopic (exact) mass is 625 g/mol. The molecule has 5 rings (SSSR count). The minimum Gasteiger partial charge on any atom is -0.462 e. The number of halogens is 2. The van der Waals surface area contributed by atoms with Crippen LogP contribution in [0.25, 0.3) is 11.2 Å². The number of carbonyl (C=O) groups is 1. The number of fused-ring (bicyclic) bond motifs is 1. The van der Waals surface area contributed by atoms with Crippen molar-refractivity contribution < 1.29 is 41.8 Å². The van der Waals surface area contributed by atoms with Crippen LogP contribution in [0.1, 0.15) is 39.8 Å². The fourth-order valence-electron chi connectivity index (χ4n) is 4.51. The molecule has 1 saturated heterocycles. The summed E-state index contributed by atoms with van der Waals surface area (Å²) in [5.74, 6) is -0.385. The summed E-state index contributed by atoms with van der Waals surface area (Å²) in [5.41, 5.74) is 3.22. The van der Waals surface area contributed by atoms with Crippen molar-refractivity contribution in [3.05, 3.63) is 36.7 Å². The molecule has 1 aliphatic heterocycles. The average Bonchev–Trinajstić information content (AvgIpc) is 3.62. The van der Waals surface area contributed by atoms with Crippen LogP contribution in [0.4, 0.5) is 20.5 Å². The van der Waals surface area contributed by atoms with E-state index < -0.39 is 63.2 Å². The minimum atomic E-state index is -4.39. The number of aromatic nitrogens is 4. The fourth-order valence-corrected chi connectivity index (χ4v) is 6.02. The van der Waals surface area contributed by atoms with Gasteiger partial charge in [0.25, 0.3) is 0 Å². The van der Waals surface area contributed by atoms with Crippen molar-refractivity contribution in [2.45, 2.75) is 75.9 Å². The van der Waals surface area contributed by atoms with Crippen molar-refractivity contribution in [2.75, 3.05) is 24.3 Å². The third-order valence-electron chi connectivity index (χ3n) is 6.81. The summed E-state index contributed by atoms with van der Waals surface area (Å²) < 4.78 is 67.4. The van der Waals surface area contributed by atoms with E-state index in [1.54, 1.807) is 32.0 Å². The summed E-state index contributed by atoms with van der Waals surface area (Å²) in [6.45, 7) is 2.34. The molecule has 14 nitrogen and oxygen atoms in total. The summed E-state index contributed by atoms with van der Waals surface area (Å²) >= 11 is 0. The number of carbonyl (C=O) groups excluding carboxylic acids is 1. The van der Waals surface area contributed by atoms with Crippen molar-refractivity contribution >= 4 is 36.6 Å². The number of ether oxygens (including phenoxy) is 2. The number of esters is 1. The molecule has 2 fully saturated rings. The summed E-state index contributed by atoms with van der Waals surface area (Å²) in [5, 5.41) is 16.6. The Kier molecular flexibility index (Phi) is 8.86. The Morgan fingerprint density at radius 2 is 2.00 bits per heavy atom. The van der Waals surface area contributed by atoms with Gasteiger partial charge in [-0.2, -0.15) is 15.1 Å². The highest BCUT2D eigenvalue weighted by atomic mass is 31.2. The summed E-state index contributed by atoms with van der Waals surface area (Å²) in [7, 11) is -4.39. The Balaban J connectivity index is 1.38. The van der Waals surface area contributed by atoms with E-state index in [2.05, 4.69) is 25.4 Å². The van der Waals surface area contributed by atoms with Gasteiger partial charge in [0.2, 0.25) is 11.6 Å². The van der Waals surface area contributed by atoms with E-state index in [-0.39, 0.29) is 28.9 Å². The van der Waals surface area contributed by atoms with Gasteiger partial charge in [-0.15, -0.1) is 0 Å². The first-order valence-electron chi connectivity index (χ1n) is 13.7. The van der Waals surface area contributed by atoms with Crippen LogP contribution in [-0.2, 0) is 23.4 Å². The standard InChI is InChI=1S/C26H34F2N7O7P/c1-14(2)40-23(37)15(3)34-43(38,42-17-7-5-4-6-8-17)39-11-18-20(36)26(28,12-27)24(41-18)35-13-30-19-21(31-16-9-10-16)32-25(29)33-22(19)35/h4-8,13-16,18,20,24,36H,9-12H2,1-3H3,(H,34,38)(H3,29,31,32,33)/t15?,18-,20-,24-,26-,43-/m1/s1. The van der Waals surface area contributed by atoms with Crippen LogP contribution < -0.4 is 20.7 Å². The second kappa shape index (κ2) is 12.3. The van der Waals surface area contributed by atoms with E-state index in [4.69, 9.17) is 24.3 Å². The number of aliphatic hydroxyl groups is 1. The number of imidazole rings is 1. The number of aliphatic hydroxyl groups excluding tert-OH is 1. The van der Waals surface area contributed by atoms with Crippen LogP contribution in [0.2, 0.25) is 0 Å². The summed E-state index contributed by atoms with van der Waals surface area (Å²) in [6, 6.07) is 7.01. The Bertz CT molecular complexity index is 1500. The molecular weight excluding hydrogens is 591 g/mol. The average molecular weight is 626 g/mol. The highest BCUT2D eigenvalue weighted by Gasteiger charge is 2.59. The van der Waals surface area contributed by atoms with Crippen molar-refractivity contribution in [2.24, 2.45) is 0 Å². The molecule has 1 aliphatic carbocycles. The molecule has 0 amide bonds. The largest absolute Gasteiger partial charge is 0.462 e. The van der Waals surface area contributed by atoms with E-state index in [0.29, 0.717) is 5.82 Å². The van der Waals surface area contributed by atoms with Gasteiger partial charge in [-0.25, -0.2) is 18.3 Å². The van der Waals surface area contributed by atoms with Gasteiger partial charge in [0.15, 0.2) is 23.2 Å². The number of hydrogen-bond donors (Lipinski definition) is 4. The van der Waals surface area contributed by atoms with Gasteiger partial charge in [0.05, 0.1) is 19.0 Å². The molecule has 0 radical (unpaired) electrons. The van der Waals surface area contributed by atoms with Crippen LogP contribution in [0.5, 0.6) is 5.75 Å². The lowest BCUT2D eigenvalue weighted by atomic mass is 9.97. The quantitative estimate of drug-likeness (QED) is 0.161. The topological polar surface area (TPSA) is 185 Å². The molecule has 6 atom stereocenters. The number of nitrogen functional groups attached to an aromatic ring is 1. The van der Waals surface area contributed by atoms with E-state index in [9.17, 15) is 18.9 Å². The Morgan fingerprint density at radius 3 is 2.65 bits per heavy atom. The first-order chi connectivity index (χ1) is 20.4. The van der Waals surface area contributed by atoms with Gasteiger partial charge in [-0.3, -0.25) is 13.9 Å². The van der Waals surface area contributed by atoms with Crippen molar-refractivity contribution in [1.29, 1.82) is 0 Å². The van der Waals surface area contributed by atoms with Crippen molar-refractivity contribution in [3.63, 3.8) is 0 Å². The normalized spacial score (nSPS) is 25.9. The van der Waals surface area contributed by atoms with Gasteiger partial charge in [0.1, 0.15) is 30.7 Å². The lowest BCUT2D eigenvalue weighted by Crippen LogP contribution is -2.45. The van der Waals surface area contributed by atoms with E-state index in [0.717, 1.165) is 17.4 Å². The maximum Gasteiger partial charge on any atom is 0.459 e. The third-order valence-corrected chi connectivity index (χ3v) is 8.45. The zero-order valence-electron chi connectivity index (χ0n) is 23.7. The van der Waals surface area contributed by atoms with Crippen LogP contribution in [-0.4, -0.2) is 79.9 Å². The van der Waals surface area contributed by atoms with Gasteiger partial charge < -0.3 is 30.2 Å². The Hall–Kier alpha value is -3.43. The molecule has 1 saturated carbocycles. The van der Waals surface area contributed by atoms with Gasteiger partial charge >= 0.3 is 13.7 Å². The summed E-state index contributed by atoms with van der Waals surface area (Å²) in [6.07, 6.45) is -2.73. The molecular formula is C26H34F2N7O7P. The van der Waals surface area contributed by atoms with Gasteiger partial charge in [-0.1, -0.05) is 18.2 Å². The third kappa shape index (κ3) is 6.73. The lowest BCUT2D eigenvalue weighted by Gasteiger charge is -2.26. The predicted molar refractivity (Wildman–Crippen MR) is 151 cm³/mol. The van der Waals surface area contributed by atoms with Crippen molar-refractivity contribution in [1.82, 2.24) is 24.6 Å². The highest BCUT2D eigenvalue weighted by molar-refractivity contribution is 7.52. The molecule has 3 heterocycles. The second-order valence-electron chi connectivity index (χ2n) is 10.7. The minimum absolute atomic E-state index is 0.0575. The zero-order chi connectivity index (χ0) is 30.9. The number of para-hydroxylation sites is 1. The predicted octanol–water partition coefficient (Wildman–Crippen LogP) is 3.05. The zero-order valence-corrected chi connectivity index (χ0v) is 24.6. The molecule has 3 aromatic rings. The van der Waals surface area contributed by atoms with Crippen LogP contribution in [0.15, 0.2) is 36.7 Å². The molecule has 0 spiro atoms. The number of alkyl halides is 2. The molecule has 1 unspecified atom stereocenters. The number of nitrogens with zero attached hydrogens (tertiary/aromatic N) is 4. The molecule has 43 heavy (non-hydrogen) atoms. The molecule has 1 aromatic carbocycles. The van der Waals surface area contributed by atoms with Crippen LogP contribution >= 0.6 is 7.75 Å². The van der Waals surface area contributed by atoms with E-state index >= 15 is 4.39 Å². The molecule has 2 aliphatic rings. The fraction of sp³-hybridized carbons (Fsp3) is 0.538. The maximum atomic E-state index is 16.1. The SMILES string of the molecule is CC(C)OC(=O)C(C)N[P@@](=O)(OC[C@H]1O[C@@H](n2cnc3c(NC4CC4)nc(N)nc32)[C@@](F)(CF)[C@@H]1O)Oc1ccccc1. The number of hydrogen-bond acceptors (Lipinski definition) is 12. The molecule has 5 N–H and O–H groups in total. The molecule has 2 aromatic heterocycles. The Morgan fingerprint density at radius 1 is 1.28 bits per heavy atom. The van der Waals surface area contributed by atoms with Gasteiger partial charge in [-0.05, 0) is 45.7 Å². The smallest absolute Gasteiger partial charge is 0.459 e. The second-order valence-corrected chi connectivity index (χ2v) is 12.4. The van der Waals surface area contributed by atoms with E-state index in [1.807, 2.05) is 0 Å². The molecule has 17 heteroatoms. The first kappa shape index (κ1) is 31.0. The number of rotatable bonds is 13.